The lowest BCUT2D eigenvalue weighted by molar-refractivity contribution is -0.143. The molecular weight excluding hydrogens is 520 g/mol. The summed E-state index contributed by atoms with van der Waals surface area (Å²) in [4.78, 5) is 11.6. The summed E-state index contributed by atoms with van der Waals surface area (Å²) in [6.45, 7) is 15.5. The summed E-state index contributed by atoms with van der Waals surface area (Å²) in [7, 11) is 0. The van der Waals surface area contributed by atoms with E-state index in [0.717, 1.165) is 6.61 Å². The summed E-state index contributed by atoms with van der Waals surface area (Å²) in [5.41, 5.74) is 0.417. The van der Waals surface area contributed by atoms with Crippen LogP contribution in [0, 0.1) is 5.92 Å². The van der Waals surface area contributed by atoms with E-state index in [4.69, 9.17) is 14.2 Å². The highest BCUT2D eigenvalue weighted by Crippen LogP contribution is 2.21. The van der Waals surface area contributed by atoms with Crippen molar-refractivity contribution in [3.05, 3.63) is 12.2 Å². The van der Waals surface area contributed by atoms with Gasteiger partial charge in [-0.25, -0.2) is 4.79 Å². The standard InChI is InChI=1S/C38H74O4/c1-7-9-11-13-15-17-19-20-22-24-26-28-30-37(29-27-25-23-21-18-16-14-12-10-8-2)33-41-35(5)31-40-36(6)32-42-38(39)34(3)4/h35-37H,3,7-33H2,1-2,4-6H3. The number of ether oxygens (including phenoxy) is 3. The van der Waals surface area contributed by atoms with Gasteiger partial charge < -0.3 is 14.2 Å². The molecule has 0 saturated carbocycles. The Bertz CT molecular complexity index is 590. The van der Waals surface area contributed by atoms with Crippen LogP contribution in [-0.2, 0) is 19.0 Å². The molecule has 0 aliphatic rings. The second-order valence-corrected chi connectivity index (χ2v) is 13.2. The van der Waals surface area contributed by atoms with Gasteiger partial charge in [0, 0.05) is 12.2 Å². The average molecular weight is 595 g/mol. The van der Waals surface area contributed by atoms with Gasteiger partial charge in [0.15, 0.2) is 0 Å². The second-order valence-electron chi connectivity index (χ2n) is 13.2. The van der Waals surface area contributed by atoms with E-state index in [0.29, 0.717) is 18.1 Å². The molecule has 250 valence electrons. The van der Waals surface area contributed by atoms with E-state index in [-0.39, 0.29) is 24.8 Å². The Morgan fingerprint density at radius 2 is 0.857 bits per heavy atom. The Hall–Kier alpha value is -0.870. The maximum absolute atomic E-state index is 11.6. The fourth-order valence-corrected chi connectivity index (χ4v) is 5.52. The number of carbonyl (C=O) groups is 1. The minimum atomic E-state index is -0.359. The Morgan fingerprint density at radius 1 is 0.524 bits per heavy atom. The number of hydrogen-bond acceptors (Lipinski definition) is 4. The monoisotopic (exact) mass is 595 g/mol. The molecule has 0 aliphatic carbocycles. The molecule has 0 N–H and O–H groups in total. The molecule has 0 saturated heterocycles. The van der Waals surface area contributed by atoms with Crippen LogP contribution < -0.4 is 0 Å². The molecule has 3 unspecified atom stereocenters. The van der Waals surface area contributed by atoms with Crippen molar-refractivity contribution in [3.63, 3.8) is 0 Å². The second kappa shape index (κ2) is 31.6. The molecule has 4 heteroatoms. The molecule has 0 aromatic carbocycles. The topological polar surface area (TPSA) is 44.8 Å². The average Bonchev–Trinajstić information content (AvgIpc) is 2.98. The van der Waals surface area contributed by atoms with Gasteiger partial charge in [-0.05, 0) is 39.5 Å². The molecule has 0 aromatic heterocycles. The zero-order valence-corrected chi connectivity index (χ0v) is 29.2. The van der Waals surface area contributed by atoms with Crippen LogP contribution in [0.5, 0.6) is 0 Å². The Balaban J connectivity index is 4.20. The van der Waals surface area contributed by atoms with Gasteiger partial charge >= 0.3 is 5.97 Å². The summed E-state index contributed by atoms with van der Waals surface area (Å²) in [6.07, 6.45) is 33.2. The Kier molecular flexibility index (Phi) is 30.9. The minimum absolute atomic E-state index is 0.0430. The van der Waals surface area contributed by atoms with E-state index in [1.54, 1.807) is 6.92 Å². The highest BCUT2D eigenvalue weighted by atomic mass is 16.6. The van der Waals surface area contributed by atoms with E-state index < -0.39 is 0 Å². The zero-order valence-electron chi connectivity index (χ0n) is 29.2. The molecular formula is C38H74O4. The normalized spacial score (nSPS) is 13.6. The summed E-state index contributed by atoms with van der Waals surface area (Å²) >= 11 is 0. The van der Waals surface area contributed by atoms with Crippen LogP contribution in [-0.4, -0.2) is 38.0 Å². The zero-order chi connectivity index (χ0) is 31.1. The van der Waals surface area contributed by atoms with Gasteiger partial charge in [0.1, 0.15) is 6.61 Å². The van der Waals surface area contributed by atoms with Crippen molar-refractivity contribution >= 4 is 5.97 Å². The van der Waals surface area contributed by atoms with Crippen LogP contribution >= 0.6 is 0 Å². The third-order valence-corrected chi connectivity index (χ3v) is 8.46. The molecule has 0 fully saturated rings. The van der Waals surface area contributed by atoms with Gasteiger partial charge in [0.2, 0.25) is 0 Å². The predicted octanol–water partition coefficient (Wildman–Crippen LogP) is 11.9. The Morgan fingerprint density at radius 3 is 1.24 bits per heavy atom. The van der Waals surface area contributed by atoms with Crippen molar-refractivity contribution in [3.8, 4) is 0 Å². The predicted molar refractivity (Wildman–Crippen MR) is 182 cm³/mol. The molecule has 0 bridgehead atoms. The van der Waals surface area contributed by atoms with E-state index in [2.05, 4.69) is 27.4 Å². The van der Waals surface area contributed by atoms with Gasteiger partial charge in [0.05, 0.1) is 18.8 Å². The van der Waals surface area contributed by atoms with Crippen molar-refractivity contribution in [2.75, 3.05) is 19.8 Å². The highest BCUT2D eigenvalue weighted by Gasteiger charge is 2.14. The Labute approximate surface area is 263 Å². The molecule has 4 nitrogen and oxygen atoms in total. The van der Waals surface area contributed by atoms with Gasteiger partial charge in [-0.15, -0.1) is 0 Å². The lowest BCUT2D eigenvalue weighted by Gasteiger charge is -2.22. The summed E-state index contributed by atoms with van der Waals surface area (Å²) in [5.74, 6) is 0.293. The third-order valence-electron chi connectivity index (χ3n) is 8.46. The summed E-state index contributed by atoms with van der Waals surface area (Å²) < 4.78 is 17.4. The lowest BCUT2D eigenvalue weighted by atomic mass is 9.94. The first-order valence-corrected chi connectivity index (χ1v) is 18.5. The smallest absolute Gasteiger partial charge is 0.333 e. The summed E-state index contributed by atoms with van der Waals surface area (Å²) in [5, 5.41) is 0. The largest absolute Gasteiger partial charge is 0.460 e. The van der Waals surface area contributed by atoms with Crippen LogP contribution in [0.4, 0.5) is 0 Å². The first kappa shape index (κ1) is 41.1. The first-order chi connectivity index (χ1) is 20.4. The number of esters is 1. The quantitative estimate of drug-likeness (QED) is 0.0430. The van der Waals surface area contributed by atoms with E-state index in [1.165, 1.54) is 154 Å². The van der Waals surface area contributed by atoms with Gasteiger partial charge in [0.25, 0.3) is 0 Å². The maximum atomic E-state index is 11.6. The number of hydrogen-bond donors (Lipinski definition) is 0. The van der Waals surface area contributed by atoms with Gasteiger partial charge in [-0.2, -0.15) is 0 Å². The van der Waals surface area contributed by atoms with Crippen LogP contribution in [0.25, 0.3) is 0 Å². The van der Waals surface area contributed by atoms with Gasteiger partial charge in [-0.1, -0.05) is 162 Å². The van der Waals surface area contributed by atoms with Crippen molar-refractivity contribution in [1.82, 2.24) is 0 Å². The molecule has 0 radical (unpaired) electrons. The van der Waals surface area contributed by atoms with E-state index >= 15 is 0 Å². The maximum Gasteiger partial charge on any atom is 0.333 e. The van der Waals surface area contributed by atoms with E-state index in [1.807, 2.05) is 6.92 Å². The van der Waals surface area contributed by atoms with Gasteiger partial charge in [-0.3, -0.25) is 0 Å². The van der Waals surface area contributed by atoms with Crippen LogP contribution in [0.1, 0.15) is 189 Å². The fourth-order valence-electron chi connectivity index (χ4n) is 5.52. The fraction of sp³-hybridized carbons (Fsp3) is 0.921. The molecule has 0 aliphatic heterocycles. The van der Waals surface area contributed by atoms with Crippen molar-refractivity contribution in [1.29, 1.82) is 0 Å². The molecule has 0 spiro atoms. The summed E-state index contributed by atoms with van der Waals surface area (Å²) in [6, 6.07) is 0. The molecule has 0 aromatic rings. The van der Waals surface area contributed by atoms with Crippen LogP contribution in [0.3, 0.4) is 0 Å². The molecule has 0 heterocycles. The third kappa shape index (κ3) is 29.2. The van der Waals surface area contributed by atoms with Crippen molar-refractivity contribution in [2.24, 2.45) is 5.92 Å². The van der Waals surface area contributed by atoms with Crippen LogP contribution in [0.2, 0.25) is 0 Å². The minimum Gasteiger partial charge on any atom is -0.460 e. The number of unbranched alkanes of at least 4 members (excludes halogenated alkanes) is 20. The van der Waals surface area contributed by atoms with E-state index in [9.17, 15) is 4.79 Å². The molecule has 3 atom stereocenters. The molecule has 0 amide bonds. The highest BCUT2D eigenvalue weighted by molar-refractivity contribution is 5.86. The SMILES string of the molecule is C=C(C)C(=O)OCC(C)OCC(C)OCC(CCCCCCCCCCCC)CCCCCCCCCCCCCC. The van der Waals surface area contributed by atoms with Crippen molar-refractivity contribution in [2.45, 2.75) is 201 Å². The lowest BCUT2D eigenvalue weighted by Crippen LogP contribution is -2.26. The molecule has 42 heavy (non-hydrogen) atoms. The molecule has 0 rings (SSSR count). The van der Waals surface area contributed by atoms with Crippen LogP contribution in [0.15, 0.2) is 12.2 Å². The number of carbonyl (C=O) groups excluding carboxylic acids is 1. The number of rotatable bonds is 33. The van der Waals surface area contributed by atoms with Crippen molar-refractivity contribution < 1.29 is 19.0 Å². The first-order valence-electron chi connectivity index (χ1n) is 18.5.